The predicted octanol–water partition coefficient (Wildman–Crippen LogP) is 3.20. The smallest absolute Gasteiger partial charge is 0.301 e. The lowest BCUT2D eigenvalue weighted by molar-refractivity contribution is -0.121. The molecule has 2 aromatic rings. The highest BCUT2D eigenvalue weighted by atomic mass is 35.5. The maximum atomic E-state index is 12.7. The van der Waals surface area contributed by atoms with E-state index in [1.807, 2.05) is 0 Å². The maximum absolute atomic E-state index is 12.7. The zero-order valence-electron chi connectivity index (χ0n) is 13.4. The van der Waals surface area contributed by atoms with Crippen molar-refractivity contribution in [2.24, 2.45) is 0 Å². The summed E-state index contributed by atoms with van der Waals surface area (Å²) in [5.41, 5.74) is 0.576. The van der Waals surface area contributed by atoms with E-state index in [1.165, 1.54) is 32.4 Å². The van der Waals surface area contributed by atoms with Crippen molar-refractivity contribution >= 4 is 34.7 Å². The van der Waals surface area contributed by atoms with Crippen LogP contribution in [0, 0.1) is 0 Å². The van der Waals surface area contributed by atoms with Crippen LogP contribution in [0.2, 0.25) is 5.02 Å². The van der Waals surface area contributed by atoms with Crippen molar-refractivity contribution in [1.82, 2.24) is 0 Å². The van der Waals surface area contributed by atoms with E-state index in [0.29, 0.717) is 27.8 Å². The lowest BCUT2D eigenvalue weighted by Gasteiger charge is -2.15. The van der Waals surface area contributed by atoms with Crippen molar-refractivity contribution < 1.29 is 24.2 Å². The first-order chi connectivity index (χ1) is 12.0. The fourth-order valence-corrected chi connectivity index (χ4v) is 2.72. The molecule has 0 bridgehead atoms. The Morgan fingerprint density at radius 3 is 2.16 bits per heavy atom. The molecule has 1 aliphatic heterocycles. The number of imide groups is 1. The first-order valence-electron chi connectivity index (χ1n) is 7.28. The monoisotopic (exact) mass is 359 g/mol. The van der Waals surface area contributed by atoms with E-state index >= 15 is 0 Å². The zero-order valence-corrected chi connectivity index (χ0v) is 14.2. The third-order valence-corrected chi connectivity index (χ3v) is 4.07. The molecule has 0 aliphatic carbocycles. The third kappa shape index (κ3) is 2.81. The number of halogens is 1. The van der Waals surface area contributed by atoms with Crippen molar-refractivity contribution in [3.8, 4) is 11.5 Å². The number of amides is 2. The molecule has 0 spiro atoms. The van der Waals surface area contributed by atoms with Gasteiger partial charge in [0.15, 0.2) is 17.3 Å². The van der Waals surface area contributed by atoms with Gasteiger partial charge >= 0.3 is 5.91 Å². The Bertz CT molecular complexity index is 889. The topological polar surface area (TPSA) is 76.1 Å². The highest BCUT2D eigenvalue weighted by Gasteiger charge is 2.40. The highest BCUT2D eigenvalue weighted by molar-refractivity contribution is 6.45. The van der Waals surface area contributed by atoms with E-state index in [2.05, 4.69) is 0 Å². The summed E-state index contributed by atoms with van der Waals surface area (Å²) in [6.45, 7) is 0. The Morgan fingerprint density at radius 2 is 1.56 bits per heavy atom. The van der Waals surface area contributed by atoms with Crippen LogP contribution in [0.4, 0.5) is 5.69 Å². The highest BCUT2D eigenvalue weighted by Crippen LogP contribution is 2.36. The molecule has 0 unspecified atom stereocenters. The average Bonchev–Trinajstić information content (AvgIpc) is 2.84. The van der Waals surface area contributed by atoms with Gasteiger partial charge in [0.1, 0.15) is 0 Å². The van der Waals surface area contributed by atoms with Crippen LogP contribution in [0.15, 0.2) is 48.2 Å². The molecule has 1 N–H and O–H groups in total. The van der Waals surface area contributed by atoms with Gasteiger partial charge in [0.2, 0.25) is 0 Å². The van der Waals surface area contributed by atoms with Crippen LogP contribution in [0.3, 0.4) is 0 Å². The third-order valence-electron chi connectivity index (χ3n) is 3.82. The number of aliphatic hydroxyl groups excluding tert-OH is 1. The van der Waals surface area contributed by atoms with E-state index in [9.17, 15) is 14.7 Å². The Balaban J connectivity index is 2.04. The van der Waals surface area contributed by atoms with Gasteiger partial charge in [-0.25, -0.2) is 4.90 Å². The van der Waals surface area contributed by atoms with Crippen molar-refractivity contribution in [3.63, 3.8) is 0 Å². The van der Waals surface area contributed by atoms with Crippen LogP contribution < -0.4 is 14.4 Å². The van der Waals surface area contributed by atoms with Crippen LogP contribution in [0.5, 0.6) is 11.5 Å². The molecule has 7 heteroatoms. The summed E-state index contributed by atoms with van der Waals surface area (Å²) in [6, 6.07) is 10.9. The SMILES string of the molecule is COc1ccc(C2=C(O)C(=O)N(c3ccc(Cl)cc3)C2=O)cc1OC. The van der Waals surface area contributed by atoms with Gasteiger partial charge < -0.3 is 14.6 Å². The summed E-state index contributed by atoms with van der Waals surface area (Å²) in [7, 11) is 2.94. The van der Waals surface area contributed by atoms with Gasteiger partial charge in [-0.15, -0.1) is 0 Å². The van der Waals surface area contributed by atoms with E-state index in [4.69, 9.17) is 21.1 Å². The Hall–Kier alpha value is -2.99. The molecule has 3 rings (SSSR count). The molecular formula is C18H14ClNO5. The molecule has 0 aromatic heterocycles. The van der Waals surface area contributed by atoms with Gasteiger partial charge in [-0.1, -0.05) is 17.7 Å². The molecule has 2 aromatic carbocycles. The minimum Gasteiger partial charge on any atom is -0.502 e. The van der Waals surface area contributed by atoms with Crippen molar-refractivity contribution in [2.75, 3.05) is 19.1 Å². The van der Waals surface area contributed by atoms with E-state index in [-0.39, 0.29) is 5.57 Å². The number of hydrogen-bond acceptors (Lipinski definition) is 5. The first-order valence-corrected chi connectivity index (χ1v) is 7.65. The number of ether oxygens (including phenoxy) is 2. The molecule has 1 aliphatic rings. The van der Waals surface area contributed by atoms with Gasteiger partial charge in [-0.3, -0.25) is 9.59 Å². The molecule has 1 heterocycles. The second kappa shape index (κ2) is 6.49. The number of nitrogens with zero attached hydrogens (tertiary/aromatic N) is 1. The zero-order chi connectivity index (χ0) is 18.1. The molecular weight excluding hydrogens is 346 g/mol. The normalized spacial score (nSPS) is 14.3. The van der Waals surface area contributed by atoms with Crippen LogP contribution >= 0.6 is 11.6 Å². The molecule has 2 amide bonds. The van der Waals surface area contributed by atoms with Gasteiger partial charge in [0, 0.05) is 5.02 Å². The molecule has 0 saturated heterocycles. The minimum absolute atomic E-state index is 0.0964. The summed E-state index contributed by atoms with van der Waals surface area (Å²) >= 11 is 5.83. The maximum Gasteiger partial charge on any atom is 0.301 e. The number of hydrogen-bond donors (Lipinski definition) is 1. The van der Waals surface area contributed by atoms with Gasteiger partial charge in [-0.05, 0) is 42.0 Å². The van der Waals surface area contributed by atoms with Gasteiger partial charge in [0.25, 0.3) is 5.91 Å². The van der Waals surface area contributed by atoms with Gasteiger partial charge in [-0.2, -0.15) is 0 Å². The van der Waals surface area contributed by atoms with Crippen LogP contribution in [-0.4, -0.2) is 31.1 Å². The largest absolute Gasteiger partial charge is 0.502 e. The van der Waals surface area contributed by atoms with Crippen LogP contribution in [-0.2, 0) is 9.59 Å². The first kappa shape index (κ1) is 16.9. The minimum atomic E-state index is -0.794. The van der Waals surface area contributed by atoms with Gasteiger partial charge in [0.05, 0.1) is 25.5 Å². The Kier molecular flexibility index (Phi) is 4.37. The molecule has 0 atom stereocenters. The summed E-state index contributed by atoms with van der Waals surface area (Å²) in [5, 5.41) is 10.7. The van der Waals surface area contributed by atoms with E-state index in [1.54, 1.807) is 24.3 Å². The fraction of sp³-hybridized carbons (Fsp3) is 0.111. The predicted molar refractivity (Wildman–Crippen MR) is 93.0 cm³/mol. The number of rotatable bonds is 4. The lowest BCUT2D eigenvalue weighted by atomic mass is 10.0. The Labute approximate surface area is 148 Å². The molecule has 6 nitrogen and oxygen atoms in total. The number of methoxy groups -OCH3 is 2. The number of carbonyl (C=O) groups is 2. The number of carbonyl (C=O) groups excluding carboxylic acids is 2. The molecule has 0 fully saturated rings. The summed E-state index contributed by atoms with van der Waals surface area (Å²) in [5.74, 6) is -1.19. The summed E-state index contributed by atoms with van der Waals surface area (Å²) in [4.78, 5) is 26.0. The molecule has 0 radical (unpaired) electrons. The average molecular weight is 360 g/mol. The quantitative estimate of drug-likeness (QED) is 0.848. The molecule has 0 saturated carbocycles. The fourth-order valence-electron chi connectivity index (χ4n) is 2.59. The molecule has 25 heavy (non-hydrogen) atoms. The lowest BCUT2D eigenvalue weighted by Crippen LogP contribution is -2.31. The number of anilines is 1. The van der Waals surface area contributed by atoms with E-state index < -0.39 is 17.6 Å². The summed E-state index contributed by atoms with van der Waals surface area (Å²) < 4.78 is 10.4. The number of benzene rings is 2. The van der Waals surface area contributed by atoms with E-state index in [0.717, 1.165) is 4.90 Å². The second-order valence-electron chi connectivity index (χ2n) is 5.22. The van der Waals surface area contributed by atoms with Crippen molar-refractivity contribution in [2.45, 2.75) is 0 Å². The van der Waals surface area contributed by atoms with Crippen molar-refractivity contribution in [1.29, 1.82) is 0 Å². The number of aliphatic hydroxyl groups is 1. The second-order valence-corrected chi connectivity index (χ2v) is 5.65. The standard InChI is InChI=1S/C18H14ClNO5/c1-24-13-8-3-10(9-14(13)25-2)15-16(21)18(23)20(17(15)22)12-6-4-11(19)5-7-12/h3-9,21H,1-2H3. The molecule has 128 valence electrons. The van der Waals surface area contributed by atoms with Crippen LogP contribution in [0.1, 0.15) is 5.56 Å². The van der Waals surface area contributed by atoms with Crippen molar-refractivity contribution in [3.05, 3.63) is 58.8 Å². The summed E-state index contributed by atoms with van der Waals surface area (Å²) in [6.07, 6.45) is 0. The van der Waals surface area contributed by atoms with Crippen LogP contribution in [0.25, 0.3) is 5.57 Å². The Morgan fingerprint density at radius 1 is 0.920 bits per heavy atom.